The first kappa shape index (κ1) is 28.6. The number of piperidine rings is 1. The molecule has 6 heteroatoms. The number of halogens is 2. The number of carbonyl (C=O) groups is 1. The van der Waals surface area contributed by atoms with Crippen LogP contribution in [-0.2, 0) is 6.42 Å². The molecule has 1 saturated carbocycles. The highest BCUT2D eigenvalue weighted by atomic mass is 35.5. The zero-order valence-corrected chi connectivity index (χ0v) is 23.7. The molecule has 2 fully saturated rings. The summed E-state index contributed by atoms with van der Waals surface area (Å²) in [7, 11) is 1.68. The molecule has 0 amide bonds. The predicted octanol–water partition coefficient (Wildman–Crippen LogP) is 7.97. The Labute approximate surface area is 233 Å². The lowest BCUT2D eigenvalue weighted by atomic mass is 9.84. The Morgan fingerprint density at radius 3 is 2.45 bits per heavy atom. The average molecular weight is 541 g/mol. The van der Waals surface area contributed by atoms with E-state index in [0.29, 0.717) is 11.6 Å². The third-order valence-corrected chi connectivity index (χ3v) is 8.87. The molecular formula is C32H42ClFN2O2. The lowest BCUT2D eigenvalue weighted by Gasteiger charge is -2.37. The van der Waals surface area contributed by atoms with Crippen molar-refractivity contribution in [1.82, 2.24) is 9.47 Å². The SMILES string of the molecule is COc1ccc2c(c1)c(CCN1CCCCC1CCC1CCCCC1)c(C)n2C(=O)c1ccc(F)cc1.Cl. The van der Waals surface area contributed by atoms with Crippen LogP contribution in [0.4, 0.5) is 4.39 Å². The van der Waals surface area contributed by atoms with Crippen molar-refractivity contribution in [3.8, 4) is 5.75 Å². The van der Waals surface area contributed by atoms with E-state index >= 15 is 0 Å². The second kappa shape index (κ2) is 13.1. The van der Waals surface area contributed by atoms with Crippen LogP contribution in [0.5, 0.6) is 5.75 Å². The molecule has 206 valence electrons. The fraction of sp³-hybridized carbons (Fsp3) is 0.531. The maximum atomic E-state index is 13.6. The topological polar surface area (TPSA) is 34.5 Å². The summed E-state index contributed by atoms with van der Waals surface area (Å²) in [6.45, 7) is 4.22. The van der Waals surface area contributed by atoms with E-state index in [4.69, 9.17) is 4.74 Å². The maximum absolute atomic E-state index is 13.6. The van der Waals surface area contributed by atoms with Crippen LogP contribution >= 0.6 is 12.4 Å². The first-order valence-electron chi connectivity index (χ1n) is 14.3. The fourth-order valence-corrected chi connectivity index (χ4v) is 6.73. The van der Waals surface area contributed by atoms with Crippen molar-refractivity contribution in [3.05, 3.63) is 65.1 Å². The van der Waals surface area contributed by atoms with Gasteiger partial charge in [0.2, 0.25) is 0 Å². The zero-order valence-electron chi connectivity index (χ0n) is 22.9. The summed E-state index contributed by atoms with van der Waals surface area (Å²) < 4.78 is 20.8. The summed E-state index contributed by atoms with van der Waals surface area (Å²) >= 11 is 0. The van der Waals surface area contributed by atoms with E-state index in [1.807, 2.05) is 19.1 Å². The molecule has 2 aliphatic rings. The second-order valence-electron chi connectivity index (χ2n) is 11.1. The first-order valence-corrected chi connectivity index (χ1v) is 14.3. The standard InChI is InChI=1S/C32H41FN2O2.ClH/c1-23-29(19-21-34-20-7-6-10-27(34)16-11-24-8-4-3-5-9-24)30-22-28(37-2)17-18-31(30)35(23)32(36)25-12-14-26(33)15-13-25;/h12-15,17-18,22,24,27H,3-11,16,19-21H2,1-2H3;1H. The van der Waals surface area contributed by atoms with Gasteiger partial charge in [0.25, 0.3) is 5.91 Å². The Bertz CT molecular complexity index is 1220. The van der Waals surface area contributed by atoms with Gasteiger partial charge in [-0.25, -0.2) is 4.39 Å². The minimum atomic E-state index is -0.337. The van der Waals surface area contributed by atoms with Crippen molar-refractivity contribution in [2.75, 3.05) is 20.2 Å². The predicted molar refractivity (Wildman–Crippen MR) is 155 cm³/mol. The number of nitrogens with zero attached hydrogens (tertiary/aromatic N) is 2. The van der Waals surface area contributed by atoms with Crippen LogP contribution < -0.4 is 4.74 Å². The molecule has 4 nitrogen and oxygen atoms in total. The Morgan fingerprint density at radius 1 is 0.974 bits per heavy atom. The number of hydrogen-bond donors (Lipinski definition) is 0. The molecule has 1 atom stereocenters. The molecular weight excluding hydrogens is 499 g/mol. The van der Waals surface area contributed by atoms with Crippen molar-refractivity contribution >= 4 is 29.2 Å². The number of likely N-dealkylation sites (tertiary alicyclic amines) is 1. The van der Waals surface area contributed by atoms with Crippen LogP contribution in [0.15, 0.2) is 42.5 Å². The third kappa shape index (κ3) is 6.26. The molecule has 1 aliphatic carbocycles. The van der Waals surface area contributed by atoms with E-state index in [0.717, 1.165) is 41.2 Å². The highest BCUT2D eigenvalue weighted by molar-refractivity contribution is 6.04. The zero-order chi connectivity index (χ0) is 25.8. The largest absolute Gasteiger partial charge is 0.497 e. The van der Waals surface area contributed by atoms with Gasteiger partial charge in [-0.15, -0.1) is 12.4 Å². The lowest BCUT2D eigenvalue weighted by molar-refractivity contribution is 0.0962. The molecule has 5 rings (SSSR count). The normalized spacial score (nSPS) is 18.9. The molecule has 2 aromatic carbocycles. The number of ether oxygens (including phenoxy) is 1. The summed E-state index contributed by atoms with van der Waals surface area (Å²) in [4.78, 5) is 16.3. The molecule has 3 aromatic rings. The molecule has 1 aliphatic heterocycles. The quantitative estimate of drug-likeness (QED) is 0.290. The van der Waals surface area contributed by atoms with Crippen molar-refractivity contribution in [2.45, 2.75) is 83.6 Å². The molecule has 1 saturated heterocycles. The summed E-state index contributed by atoms with van der Waals surface area (Å²) in [6, 6.07) is 12.5. The van der Waals surface area contributed by atoms with Crippen LogP contribution in [0.1, 0.15) is 85.8 Å². The number of carbonyl (C=O) groups excluding carboxylic acids is 1. The fourth-order valence-electron chi connectivity index (χ4n) is 6.73. The van der Waals surface area contributed by atoms with E-state index in [1.54, 1.807) is 23.8 Å². The van der Waals surface area contributed by atoms with Crippen LogP contribution in [0.2, 0.25) is 0 Å². The maximum Gasteiger partial charge on any atom is 0.262 e. The van der Waals surface area contributed by atoms with Gasteiger partial charge in [0, 0.05) is 29.2 Å². The first-order chi connectivity index (χ1) is 18.0. The van der Waals surface area contributed by atoms with Gasteiger partial charge < -0.3 is 9.64 Å². The van der Waals surface area contributed by atoms with Gasteiger partial charge in [0.1, 0.15) is 11.6 Å². The van der Waals surface area contributed by atoms with Gasteiger partial charge in [-0.05, 0) is 99.5 Å². The van der Waals surface area contributed by atoms with Gasteiger partial charge in [-0.2, -0.15) is 0 Å². The number of rotatable bonds is 8. The third-order valence-electron chi connectivity index (χ3n) is 8.87. The van der Waals surface area contributed by atoms with Crippen molar-refractivity contribution in [3.63, 3.8) is 0 Å². The van der Waals surface area contributed by atoms with Gasteiger partial charge in [-0.3, -0.25) is 9.36 Å². The van der Waals surface area contributed by atoms with Gasteiger partial charge in [0.05, 0.1) is 12.6 Å². The highest BCUT2D eigenvalue weighted by Gasteiger charge is 2.26. The van der Waals surface area contributed by atoms with Crippen molar-refractivity contribution in [2.24, 2.45) is 5.92 Å². The van der Waals surface area contributed by atoms with Crippen LogP contribution in [0.3, 0.4) is 0 Å². The van der Waals surface area contributed by atoms with Gasteiger partial charge in [0.15, 0.2) is 0 Å². The Kier molecular flexibility index (Phi) is 9.89. The number of benzene rings is 2. The molecule has 0 radical (unpaired) electrons. The molecule has 1 unspecified atom stereocenters. The Balaban J connectivity index is 0.00000336. The molecule has 2 heterocycles. The van der Waals surface area contributed by atoms with E-state index in [-0.39, 0.29) is 24.1 Å². The minimum Gasteiger partial charge on any atom is -0.497 e. The Morgan fingerprint density at radius 2 is 1.71 bits per heavy atom. The monoisotopic (exact) mass is 540 g/mol. The molecule has 0 bridgehead atoms. The summed E-state index contributed by atoms with van der Waals surface area (Å²) in [6.07, 6.45) is 14.6. The van der Waals surface area contributed by atoms with E-state index < -0.39 is 0 Å². The van der Waals surface area contributed by atoms with Crippen molar-refractivity contribution in [1.29, 1.82) is 0 Å². The van der Waals surface area contributed by atoms with Crippen LogP contribution in [-0.4, -0.2) is 41.6 Å². The average Bonchev–Trinajstić information content (AvgIpc) is 3.21. The smallest absolute Gasteiger partial charge is 0.262 e. The van der Waals surface area contributed by atoms with E-state index in [1.165, 1.54) is 88.4 Å². The summed E-state index contributed by atoms with van der Waals surface area (Å²) in [5.41, 5.74) is 3.55. The van der Waals surface area contributed by atoms with Crippen molar-refractivity contribution < 1.29 is 13.9 Å². The van der Waals surface area contributed by atoms with Crippen LogP contribution in [0, 0.1) is 18.7 Å². The van der Waals surface area contributed by atoms with Gasteiger partial charge in [-0.1, -0.05) is 38.5 Å². The molecule has 1 aromatic heterocycles. The lowest BCUT2D eigenvalue weighted by Crippen LogP contribution is -2.41. The molecule has 0 N–H and O–H groups in total. The second-order valence-corrected chi connectivity index (χ2v) is 11.1. The molecule has 38 heavy (non-hydrogen) atoms. The van der Waals surface area contributed by atoms with E-state index in [9.17, 15) is 9.18 Å². The number of hydrogen-bond acceptors (Lipinski definition) is 3. The van der Waals surface area contributed by atoms with Crippen LogP contribution in [0.25, 0.3) is 10.9 Å². The number of methoxy groups -OCH3 is 1. The highest BCUT2D eigenvalue weighted by Crippen LogP contribution is 2.33. The molecule has 0 spiro atoms. The van der Waals surface area contributed by atoms with E-state index in [2.05, 4.69) is 11.0 Å². The van der Waals surface area contributed by atoms with Gasteiger partial charge >= 0.3 is 0 Å². The number of fused-ring (bicyclic) bond motifs is 1. The summed E-state index contributed by atoms with van der Waals surface area (Å²) in [5.74, 6) is 1.27. The minimum absolute atomic E-state index is 0. The number of aromatic nitrogens is 1. The summed E-state index contributed by atoms with van der Waals surface area (Å²) in [5, 5.41) is 1.07. The Hall–Kier alpha value is -2.37.